The number of aromatic amines is 1. The van der Waals surface area contributed by atoms with Crippen LogP contribution in [0.2, 0.25) is 0 Å². The second-order valence-corrected chi connectivity index (χ2v) is 6.66. The highest BCUT2D eigenvalue weighted by atomic mass is 79.9. The Kier molecular flexibility index (Phi) is 3.34. The van der Waals surface area contributed by atoms with Crippen LogP contribution in [-0.4, -0.2) is 9.97 Å². The highest BCUT2D eigenvalue weighted by molar-refractivity contribution is 9.13. The zero-order chi connectivity index (χ0) is 12.7. The molecule has 2 heterocycles. The molecule has 18 heavy (non-hydrogen) atoms. The molecular formula is C12H8Br2N2OS. The molecule has 1 aromatic heterocycles. The van der Waals surface area contributed by atoms with Gasteiger partial charge in [-0.1, -0.05) is 6.07 Å². The van der Waals surface area contributed by atoms with Crippen LogP contribution in [0.4, 0.5) is 0 Å². The van der Waals surface area contributed by atoms with Gasteiger partial charge in [0.1, 0.15) is 5.82 Å². The molecule has 0 amide bonds. The van der Waals surface area contributed by atoms with E-state index in [1.807, 2.05) is 18.2 Å². The third-order valence-corrected chi connectivity index (χ3v) is 5.63. The lowest BCUT2D eigenvalue weighted by molar-refractivity contribution is 1.03. The van der Waals surface area contributed by atoms with Crippen molar-refractivity contribution in [1.29, 1.82) is 0 Å². The third-order valence-electron chi connectivity index (χ3n) is 2.78. The van der Waals surface area contributed by atoms with Crippen LogP contribution < -0.4 is 5.56 Å². The van der Waals surface area contributed by atoms with Gasteiger partial charge in [0.2, 0.25) is 0 Å². The molecule has 1 N–H and O–H groups in total. The van der Waals surface area contributed by atoms with Crippen LogP contribution >= 0.6 is 43.6 Å². The van der Waals surface area contributed by atoms with Gasteiger partial charge < -0.3 is 4.98 Å². The van der Waals surface area contributed by atoms with E-state index < -0.39 is 0 Å². The molecule has 1 aromatic carbocycles. The van der Waals surface area contributed by atoms with Gasteiger partial charge in [-0.3, -0.25) is 4.79 Å². The Bertz CT molecular complexity index is 684. The zero-order valence-corrected chi connectivity index (χ0v) is 13.2. The number of halogens is 2. The Morgan fingerprint density at radius 3 is 2.83 bits per heavy atom. The van der Waals surface area contributed by atoms with E-state index in [1.165, 1.54) is 0 Å². The molecule has 0 aliphatic carbocycles. The summed E-state index contributed by atoms with van der Waals surface area (Å²) in [6, 6.07) is 5.81. The van der Waals surface area contributed by atoms with Crippen LogP contribution in [0.25, 0.3) is 11.4 Å². The number of hydrogen-bond acceptors (Lipinski definition) is 3. The molecule has 0 radical (unpaired) electrons. The molecule has 1 aliphatic rings. The van der Waals surface area contributed by atoms with Crippen molar-refractivity contribution in [2.45, 2.75) is 11.5 Å². The van der Waals surface area contributed by atoms with Crippen LogP contribution in [0.15, 0.2) is 31.9 Å². The van der Waals surface area contributed by atoms with Crippen molar-refractivity contribution < 1.29 is 0 Å². The number of thioether (sulfide) groups is 1. The lowest BCUT2D eigenvalue weighted by Gasteiger charge is -2.05. The summed E-state index contributed by atoms with van der Waals surface area (Å²) in [5, 5.41) is 0. The minimum atomic E-state index is -0.0148. The number of aromatic nitrogens is 2. The van der Waals surface area contributed by atoms with Crippen LogP contribution in [-0.2, 0) is 11.5 Å². The maximum Gasteiger partial charge on any atom is 0.255 e. The van der Waals surface area contributed by atoms with Crippen molar-refractivity contribution in [1.82, 2.24) is 9.97 Å². The number of H-pyrrole nitrogens is 1. The topological polar surface area (TPSA) is 45.8 Å². The Morgan fingerprint density at radius 1 is 1.22 bits per heavy atom. The normalized spacial score (nSPS) is 13.7. The van der Waals surface area contributed by atoms with Gasteiger partial charge in [0, 0.05) is 31.6 Å². The molecule has 1 aliphatic heterocycles. The highest BCUT2D eigenvalue weighted by Crippen LogP contribution is 2.30. The highest BCUT2D eigenvalue weighted by Gasteiger charge is 2.18. The number of benzene rings is 1. The molecule has 6 heteroatoms. The molecule has 3 nitrogen and oxygen atoms in total. The molecule has 92 valence electrons. The van der Waals surface area contributed by atoms with Gasteiger partial charge in [0.15, 0.2) is 0 Å². The second-order valence-electron chi connectivity index (χ2n) is 3.96. The van der Waals surface area contributed by atoms with Gasteiger partial charge in [0.05, 0.1) is 5.69 Å². The SMILES string of the molecule is O=c1[nH]c(-c2ccc(Br)c(Br)c2)nc2c1CSC2. The van der Waals surface area contributed by atoms with Crippen molar-refractivity contribution >= 4 is 43.6 Å². The lowest BCUT2D eigenvalue weighted by Crippen LogP contribution is -2.15. The predicted molar refractivity (Wildman–Crippen MR) is 80.7 cm³/mol. The quantitative estimate of drug-likeness (QED) is 0.811. The van der Waals surface area contributed by atoms with Crippen molar-refractivity contribution in [3.05, 3.63) is 48.8 Å². The maximum atomic E-state index is 11.9. The number of hydrogen-bond donors (Lipinski definition) is 1. The minimum Gasteiger partial charge on any atom is -0.306 e. The number of nitrogens with one attached hydrogen (secondary N) is 1. The van der Waals surface area contributed by atoms with E-state index in [4.69, 9.17) is 0 Å². The fourth-order valence-corrected chi connectivity index (χ4v) is 3.50. The first kappa shape index (κ1) is 12.4. The van der Waals surface area contributed by atoms with Crippen LogP contribution in [0, 0.1) is 0 Å². The molecular weight excluding hydrogens is 380 g/mol. The minimum absolute atomic E-state index is 0.0148. The fraction of sp³-hybridized carbons (Fsp3) is 0.167. The Balaban J connectivity index is 2.15. The van der Waals surface area contributed by atoms with Crippen LogP contribution in [0.3, 0.4) is 0 Å². The average Bonchev–Trinajstić information content (AvgIpc) is 2.81. The molecule has 0 bridgehead atoms. The van der Waals surface area contributed by atoms with E-state index in [2.05, 4.69) is 41.8 Å². The Morgan fingerprint density at radius 2 is 2.06 bits per heavy atom. The summed E-state index contributed by atoms with van der Waals surface area (Å²) in [6.07, 6.45) is 0. The zero-order valence-electron chi connectivity index (χ0n) is 9.17. The molecule has 0 saturated heterocycles. The van der Waals surface area contributed by atoms with Gasteiger partial charge in [-0.25, -0.2) is 4.98 Å². The first-order valence-electron chi connectivity index (χ1n) is 5.30. The summed E-state index contributed by atoms with van der Waals surface area (Å²) in [5.41, 5.74) is 2.62. The lowest BCUT2D eigenvalue weighted by atomic mass is 10.2. The molecule has 3 rings (SSSR count). The predicted octanol–water partition coefficient (Wildman–Crippen LogP) is 3.71. The summed E-state index contributed by atoms with van der Waals surface area (Å²) in [6.45, 7) is 0. The van der Waals surface area contributed by atoms with Gasteiger partial charge in [-0.2, -0.15) is 11.8 Å². The van der Waals surface area contributed by atoms with Crippen molar-refractivity contribution in [3.63, 3.8) is 0 Å². The number of fused-ring (bicyclic) bond motifs is 1. The fourth-order valence-electron chi connectivity index (χ4n) is 1.84. The van der Waals surface area contributed by atoms with Crippen LogP contribution in [0.1, 0.15) is 11.3 Å². The van der Waals surface area contributed by atoms with Crippen molar-refractivity contribution in [2.24, 2.45) is 0 Å². The van der Waals surface area contributed by atoms with Crippen LogP contribution in [0.5, 0.6) is 0 Å². The van der Waals surface area contributed by atoms with E-state index in [0.717, 1.165) is 37.3 Å². The van der Waals surface area contributed by atoms with E-state index in [1.54, 1.807) is 11.8 Å². The average molecular weight is 388 g/mol. The molecule has 0 saturated carbocycles. The Labute approximate surface area is 125 Å². The van der Waals surface area contributed by atoms with Crippen molar-refractivity contribution in [2.75, 3.05) is 0 Å². The number of rotatable bonds is 1. The molecule has 0 unspecified atom stereocenters. The summed E-state index contributed by atoms with van der Waals surface area (Å²) >= 11 is 8.60. The van der Waals surface area contributed by atoms with E-state index >= 15 is 0 Å². The van der Waals surface area contributed by atoms with E-state index in [9.17, 15) is 4.79 Å². The van der Waals surface area contributed by atoms with Gasteiger partial charge >= 0.3 is 0 Å². The third kappa shape index (κ3) is 2.17. The van der Waals surface area contributed by atoms with Gasteiger partial charge in [0.25, 0.3) is 5.56 Å². The monoisotopic (exact) mass is 386 g/mol. The maximum absolute atomic E-state index is 11.9. The first-order valence-corrected chi connectivity index (χ1v) is 8.04. The largest absolute Gasteiger partial charge is 0.306 e. The van der Waals surface area contributed by atoms with E-state index in [-0.39, 0.29) is 5.56 Å². The number of nitrogens with zero attached hydrogens (tertiary/aromatic N) is 1. The standard InChI is InChI=1S/C12H8Br2N2OS/c13-8-2-1-6(3-9(8)14)11-15-10-5-18-4-7(10)12(17)16-11/h1-3H,4-5H2,(H,15,16,17). The van der Waals surface area contributed by atoms with E-state index in [0.29, 0.717) is 5.82 Å². The summed E-state index contributed by atoms with van der Waals surface area (Å²) < 4.78 is 1.92. The molecule has 0 spiro atoms. The first-order chi connectivity index (χ1) is 8.65. The molecule has 0 atom stereocenters. The molecule has 2 aromatic rings. The van der Waals surface area contributed by atoms with Crippen molar-refractivity contribution in [3.8, 4) is 11.4 Å². The summed E-state index contributed by atoms with van der Waals surface area (Å²) in [4.78, 5) is 19.3. The smallest absolute Gasteiger partial charge is 0.255 e. The summed E-state index contributed by atoms with van der Waals surface area (Å²) in [5.74, 6) is 2.22. The summed E-state index contributed by atoms with van der Waals surface area (Å²) in [7, 11) is 0. The Hall–Kier alpha value is -0.590. The van der Waals surface area contributed by atoms with Gasteiger partial charge in [-0.05, 0) is 44.0 Å². The molecule has 0 fully saturated rings. The second kappa shape index (κ2) is 4.83. The van der Waals surface area contributed by atoms with Gasteiger partial charge in [-0.15, -0.1) is 0 Å².